The van der Waals surface area contributed by atoms with Crippen LogP contribution in [-0.2, 0) is 5.41 Å². The second-order valence-electron chi connectivity index (χ2n) is 15.6. The standard InChI is InChI=1S/C55H34N2S/c1-2-16-35(17-3-1)38-18-6-12-26-49(38)56(36-30-31-53-43(32-36)42-22-8-15-29-52(42)58-53)37-33-44-41-21-7-13-27-50(41)57-51-28-14-11-25-47(51)55(48(34-37)54(44)57)45-23-9-4-19-39(45)40-20-5-10-24-46(40)55/h1-34H. The molecule has 11 aromatic rings. The average Bonchev–Trinajstić information content (AvgIpc) is 3.93. The number of thiophene rings is 1. The van der Waals surface area contributed by atoms with Crippen molar-refractivity contribution >= 4 is 70.4 Å². The lowest BCUT2D eigenvalue weighted by molar-refractivity contribution is 0.748. The fourth-order valence-electron chi connectivity index (χ4n) is 10.5. The Bertz CT molecular complexity index is 3430. The van der Waals surface area contributed by atoms with Crippen molar-refractivity contribution in [1.82, 2.24) is 4.57 Å². The predicted molar refractivity (Wildman–Crippen MR) is 245 cm³/mol. The summed E-state index contributed by atoms with van der Waals surface area (Å²) in [5, 5.41) is 5.08. The van der Waals surface area contributed by atoms with E-state index in [2.05, 4.69) is 216 Å². The van der Waals surface area contributed by atoms with E-state index < -0.39 is 5.41 Å². The summed E-state index contributed by atoms with van der Waals surface area (Å²) in [5.74, 6) is 0. The minimum Gasteiger partial charge on any atom is -0.310 e. The Hall–Kier alpha value is -7.20. The van der Waals surface area contributed by atoms with Gasteiger partial charge in [0.25, 0.3) is 0 Å². The van der Waals surface area contributed by atoms with Crippen molar-refractivity contribution in [2.24, 2.45) is 0 Å². The zero-order chi connectivity index (χ0) is 38.0. The maximum atomic E-state index is 2.54. The lowest BCUT2D eigenvalue weighted by atomic mass is 9.65. The molecule has 2 aliphatic rings. The summed E-state index contributed by atoms with van der Waals surface area (Å²) in [4.78, 5) is 2.53. The minimum absolute atomic E-state index is 0.541. The maximum Gasteiger partial charge on any atom is 0.0755 e. The highest BCUT2D eigenvalue weighted by Crippen LogP contribution is 2.62. The molecule has 2 aromatic heterocycles. The van der Waals surface area contributed by atoms with Gasteiger partial charge < -0.3 is 9.47 Å². The Morgan fingerprint density at radius 3 is 1.81 bits per heavy atom. The van der Waals surface area contributed by atoms with Crippen LogP contribution in [0.3, 0.4) is 0 Å². The smallest absolute Gasteiger partial charge is 0.0755 e. The Morgan fingerprint density at radius 1 is 0.397 bits per heavy atom. The second-order valence-corrected chi connectivity index (χ2v) is 16.7. The molecule has 0 bridgehead atoms. The second kappa shape index (κ2) is 11.9. The van der Waals surface area contributed by atoms with Gasteiger partial charge in [-0.1, -0.05) is 152 Å². The summed E-state index contributed by atoms with van der Waals surface area (Å²) in [6.07, 6.45) is 0. The molecular weight excluding hydrogens is 721 g/mol. The highest BCUT2D eigenvalue weighted by Gasteiger charge is 2.51. The van der Waals surface area contributed by atoms with Crippen molar-refractivity contribution in [2.75, 3.05) is 4.90 Å². The Labute approximate surface area is 340 Å². The normalized spacial score (nSPS) is 13.3. The first kappa shape index (κ1) is 31.9. The third kappa shape index (κ3) is 4.16. The number of hydrogen-bond acceptors (Lipinski definition) is 2. The van der Waals surface area contributed by atoms with Gasteiger partial charge in [0.1, 0.15) is 0 Å². The van der Waals surface area contributed by atoms with Crippen LogP contribution in [0.2, 0.25) is 0 Å². The quantitative estimate of drug-likeness (QED) is 0.174. The van der Waals surface area contributed by atoms with Crippen molar-refractivity contribution in [2.45, 2.75) is 5.41 Å². The summed E-state index contributed by atoms with van der Waals surface area (Å²) in [6.45, 7) is 0. The van der Waals surface area contributed by atoms with Gasteiger partial charge in [-0.05, 0) is 93.5 Å². The monoisotopic (exact) mass is 754 g/mol. The fraction of sp³-hybridized carbons (Fsp3) is 0.0182. The molecule has 9 aromatic carbocycles. The van der Waals surface area contributed by atoms with Gasteiger partial charge in [0, 0.05) is 47.9 Å². The SMILES string of the molecule is c1ccc(-c2ccccc2N(c2ccc3sc4ccccc4c3c2)c2cc3c4c(c2)c2ccccc2n4-c2ccccc2C32c3ccccc3-c3ccccc32)cc1. The van der Waals surface area contributed by atoms with Crippen LogP contribution in [0, 0.1) is 0 Å². The van der Waals surface area contributed by atoms with Gasteiger partial charge >= 0.3 is 0 Å². The van der Waals surface area contributed by atoms with E-state index in [-0.39, 0.29) is 0 Å². The molecule has 1 aliphatic heterocycles. The lowest BCUT2D eigenvalue weighted by Gasteiger charge is -2.40. The number of aromatic nitrogens is 1. The summed E-state index contributed by atoms with van der Waals surface area (Å²) >= 11 is 1.87. The molecule has 3 heterocycles. The molecule has 0 unspecified atom stereocenters. The number of hydrogen-bond donors (Lipinski definition) is 0. The van der Waals surface area contributed by atoms with E-state index in [0.717, 1.165) is 17.1 Å². The van der Waals surface area contributed by atoms with Crippen molar-refractivity contribution in [3.8, 4) is 27.9 Å². The van der Waals surface area contributed by atoms with Crippen LogP contribution in [-0.4, -0.2) is 4.57 Å². The van der Waals surface area contributed by atoms with Gasteiger partial charge in [-0.15, -0.1) is 11.3 Å². The summed E-state index contributed by atoms with van der Waals surface area (Å²) in [5.41, 5.74) is 16.9. The Morgan fingerprint density at radius 2 is 1.00 bits per heavy atom. The van der Waals surface area contributed by atoms with Crippen LogP contribution in [0.15, 0.2) is 206 Å². The average molecular weight is 755 g/mol. The number of anilines is 3. The number of rotatable bonds is 4. The van der Waals surface area contributed by atoms with E-state index in [1.807, 2.05) is 11.3 Å². The molecule has 0 atom stereocenters. The van der Waals surface area contributed by atoms with E-state index >= 15 is 0 Å². The number of nitrogens with zero attached hydrogens (tertiary/aromatic N) is 2. The van der Waals surface area contributed by atoms with Crippen LogP contribution in [0.5, 0.6) is 0 Å². The lowest BCUT2D eigenvalue weighted by Crippen LogP contribution is -2.33. The first-order valence-corrected chi connectivity index (χ1v) is 20.8. The Balaban J connectivity index is 1.20. The highest BCUT2D eigenvalue weighted by molar-refractivity contribution is 7.25. The number of para-hydroxylation sites is 3. The van der Waals surface area contributed by atoms with Crippen molar-refractivity contribution in [3.63, 3.8) is 0 Å². The summed E-state index contributed by atoms with van der Waals surface area (Å²) in [6, 6.07) is 76.9. The van der Waals surface area contributed by atoms with Gasteiger partial charge in [0.05, 0.1) is 27.8 Å². The summed E-state index contributed by atoms with van der Waals surface area (Å²) in [7, 11) is 0. The molecule has 2 nitrogen and oxygen atoms in total. The number of benzene rings is 9. The molecule has 0 saturated heterocycles. The largest absolute Gasteiger partial charge is 0.310 e. The van der Waals surface area contributed by atoms with E-state index in [1.54, 1.807) is 0 Å². The first-order valence-electron chi connectivity index (χ1n) is 20.0. The molecule has 0 fully saturated rings. The van der Waals surface area contributed by atoms with E-state index in [1.165, 1.54) is 92.2 Å². The van der Waals surface area contributed by atoms with Gasteiger partial charge in [-0.3, -0.25) is 0 Å². The molecule has 1 spiro atoms. The van der Waals surface area contributed by atoms with Crippen LogP contribution in [0.4, 0.5) is 17.1 Å². The van der Waals surface area contributed by atoms with Gasteiger partial charge in [-0.25, -0.2) is 0 Å². The molecule has 0 saturated carbocycles. The van der Waals surface area contributed by atoms with Crippen LogP contribution < -0.4 is 4.90 Å². The van der Waals surface area contributed by atoms with Crippen LogP contribution >= 0.6 is 11.3 Å². The molecule has 58 heavy (non-hydrogen) atoms. The number of fused-ring (bicyclic) bond motifs is 15. The molecule has 3 heteroatoms. The van der Waals surface area contributed by atoms with E-state index in [9.17, 15) is 0 Å². The molecule has 0 N–H and O–H groups in total. The zero-order valence-electron chi connectivity index (χ0n) is 31.4. The molecule has 13 rings (SSSR count). The first-order chi connectivity index (χ1) is 28.8. The third-order valence-corrected chi connectivity index (χ3v) is 13.9. The van der Waals surface area contributed by atoms with Gasteiger partial charge in [0.15, 0.2) is 0 Å². The van der Waals surface area contributed by atoms with Crippen LogP contribution in [0.25, 0.3) is 69.9 Å². The molecule has 0 amide bonds. The van der Waals surface area contributed by atoms with Gasteiger partial charge in [-0.2, -0.15) is 0 Å². The molecule has 270 valence electrons. The topological polar surface area (TPSA) is 8.17 Å². The molecule has 1 aliphatic carbocycles. The maximum absolute atomic E-state index is 2.54. The fourth-order valence-corrected chi connectivity index (χ4v) is 11.6. The third-order valence-electron chi connectivity index (χ3n) is 12.8. The van der Waals surface area contributed by atoms with Gasteiger partial charge in [0.2, 0.25) is 0 Å². The van der Waals surface area contributed by atoms with Crippen LogP contribution in [0.1, 0.15) is 22.3 Å². The highest BCUT2D eigenvalue weighted by atomic mass is 32.1. The van der Waals surface area contributed by atoms with E-state index in [4.69, 9.17) is 0 Å². The van der Waals surface area contributed by atoms with Crippen molar-refractivity contribution in [3.05, 3.63) is 229 Å². The molecule has 0 radical (unpaired) electrons. The Kier molecular flexibility index (Phi) is 6.56. The minimum atomic E-state index is -0.541. The van der Waals surface area contributed by atoms with E-state index in [0.29, 0.717) is 0 Å². The van der Waals surface area contributed by atoms with Crippen molar-refractivity contribution < 1.29 is 0 Å². The zero-order valence-corrected chi connectivity index (χ0v) is 32.2. The predicted octanol–water partition coefficient (Wildman–Crippen LogP) is 15.0. The summed E-state index contributed by atoms with van der Waals surface area (Å²) < 4.78 is 5.15. The van der Waals surface area contributed by atoms with Crippen molar-refractivity contribution in [1.29, 1.82) is 0 Å². The molecular formula is C55H34N2S.